The third-order valence-electron chi connectivity index (χ3n) is 3.08. The lowest BCUT2D eigenvalue weighted by Gasteiger charge is -2.18. The van der Waals surface area contributed by atoms with E-state index >= 15 is 0 Å². The van der Waals surface area contributed by atoms with Crippen LogP contribution in [0.4, 0.5) is 0 Å². The van der Waals surface area contributed by atoms with Crippen molar-refractivity contribution < 1.29 is 5.11 Å². The fourth-order valence-corrected chi connectivity index (χ4v) is 2.09. The van der Waals surface area contributed by atoms with Gasteiger partial charge in [-0.05, 0) is 44.2 Å². The maximum Gasteiger partial charge on any atom is 0.0631 e. The summed E-state index contributed by atoms with van der Waals surface area (Å²) < 4.78 is 0. The Labute approximate surface area is 97.5 Å². The van der Waals surface area contributed by atoms with Gasteiger partial charge in [0.1, 0.15) is 0 Å². The van der Waals surface area contributed by atoms with Crippen LogP contribution in [0.3, 0.4) is 0 Å². The minimum Gasteiger partial charge on any atom is -0.390 e. The van der Waals surface area contributed by atoms with Gasteiger partial charge in [-0.1, -0.05) is 24.3 Å². The van der Waals surface area contributed by atoms with E-state index in [1.807, 2.05) is 13.8 Å². The molecule has 2 heteroatoms. The van der Waals surface area contributed by atoms with Crippen LogP contribution in [0.2, 0.25) is 0 Å². The molecule has 0 amide bonds. The van der Waals surface area contributed by atoms with Gasteiger partial charge < -0.3 is 10.8 Å². The van der Waals surface area contributed by atoms with Gasteiger partial charge in [0.2, 0.25) is 0 Å². The molecule has 0 atom stereocenters. The third kappa shape index (κ3) is 3.32. The highest BCUT2D eigenvalue weighted by Crippen LogP contribution is 2.35. The van der Waals surface area contributed by atoms with Crippen LogP contribution in [0.25, 0.3) is 0 Å². The molecule has 1 aromatic rings. The Bertz CT molecular complexity index is 352. The molecule has 1 saturated carbocycles. The van der Waals surface area contributed by atoms with Crippen LogP contribution in [-0.4, -0.2) is 16.2 Å². The quantitative estimate of drug-likeness (QED) is 0.814. The first kappa shape index (κ1) is 11.6. The molecule has 3 N–H and O–H groups in total. The molecule has 1 fully saturated rings. The van der Waals surface area contributed by atoms with E-state index in [9.17, 15) is 5.11 Å². The molecule has 0 spiro atoms. The summed E-state index contributed by atoms with van der Waals surface area (Å²) >= 11 is 0. The Morgan fingerprint density at radius 2 is 1.94 bits per heavy atom. The summed E-state index contributed by atoms with van der Waals surface area (Å²) in [5.74, 6) is 0. The maximum atomic E-state index is 9.78. The molecule has 0 radical (unpaired) electrons. The van der Waals surface area contributed by atoms with Gasteiger partial charge in [0.15, 0.2) is 0 Å². The minimum atomic E-state index is -0.640. The summed E-state index contributed by atoms with van der Waals surface area (Å²) in [5.41, 5.74) is 8.01. The zero-order valence-corrected chi connectivity index (χ0v) is 10.2. The topological polar surface area (TPSA) is 46.2 Å². The van der Waals surface area contributed by atoms with Crippen LogP contribution >= 0.6 is 0 Å². The average molecular weight is 219 g/mol. The predicted molar refractivity (Wildman–Crippen MR) is 66.3 cm³/mol. The molecule has 0 unspecified atom stereocenters. The largest absolute Gasteiger partial charge is 0.390 e. The fraction of sp³-hybridized carbons (Fsp3) is 0.571. The van der Waals surface area contributed by atoms with Gasteiger partial charge in [-0.15, -0.1) is 0 Å². The number of benzene rings is 1. The van der Waals surface area contributed by atoms with Gasteiger partial charge in [-0.2, -0.15) is 0 Å². The normalized spacial score (nSPS) is 18.5. The molecule has 2 nitrogen and oxygen atoms in total. The van der Waals surface area contributed by atoms with Crippen molar-refractivity contribution in [2.75, 3.05) is 0 Å². The number of hydrogen-bond donors (Lipinski definition) is 2. The molecule has 0 bridgehead atoms. The Morgan fingerprint density at radius 3 is 2.50 bits per heavy atom. The van der Waals surface area contributed by atoms with Crippen LogP contribution in [-0.2, 0) is 12.8 Å². The Hall–Kier alpha value is -0.860. The number of aliphatic hydroxyl groups is 1. The van der Waals surface area contributed by atoms with Crippen molar-refractivity contribution in [3.63, 3.8) is 0 Å². The van der Waals surface area contributed by atoms with E-state index in [4.69, 9.17) is 5.73 Å². The van der Waals surface area contributed by atoms with Crippen molar-refractivity contribution in [2.24, 2.45) is 5.73 Å². The average Bonchev–Trinajstić information content (AvgIpc) is 2.80. The molecule has 1 aliphatic carbocycles. The van der Waals surface area contributed by atoms with Gasteiger partial charge in [-0.25, -0.2) is 0 Å². The molecular formula is C14H21NO. The van der Waals surface area contributed by atoms with Crippen LogP contribution in [0.5, 0.6) is 0 Å². The van der Waals surface area contributed by atoms with E-state index in [-0.39, 0.29) is 5.54 Å². The third-order valence-corrected chi connectivity index (χ3v) is 3.08. The molecular weight excluding hydrogens is 198 g/mol. The Balaban J connectivity index is 2.07. The van der Waals surface area contributed by atoms with Gasteiger partial charge in [0.25, 0.3) is 0 Å². The summed E-state index contributed by atoms with van der Waals surface area (Å²) in [6.45, 7) is 3.68. The Morgan fingerprint density at radius 1 is 1.31 bits per heavy atom. The second-order valence-corrected chi connectivity index (χ2v) is 5.85. The number of nitrogens with two attached hydrogens (primary N) is 1. The zero-order chi connectivity index (χ0) is 11.8. The van der Waals surface area contributed by atoms with Crippen LogP contribution < -0.4 is 5.73 Å². The molecule has 16 heavy (non-hydrogen) atoms. The lowest BCUT2D eigenvalue weighted by molar-refractivity contribution is 0.0810. The zero-order valence-electron chi connectivity index (χ0n) is 10.2. The maximum absolute atomic E-state index is 9.78. The monoisotopic (exact) mass is 219 g/mol. The molecule has 1 aliphatic rings. The number of hydrogen-bond acceptors (Lipinski definition) is 2. The van der Waals surface area contributed by atoms with Crippen molar-refractivity contribution in [2.45, 2.75) is 50.7 Å². The minimum absolute atomic E-state index is 0.0629. The number of rotatable bonds is 4. The Kier molecular flexibility index (Phi) is 2.81. The van der Waals surface area contributed by atoms with E-state index < -0.39 is 5.60 Å². The highest BCUT2D eigenvalue weighted by Gasteiger charge is 2.37. The van der Waals surface area contributed by atoms with Crippen molar-refractivity contribution in [3.05, 3.63) is 35.4 Å². The van der Waals surface area contributed by atoms with Crippen molar-refractivity contribution in [1.82, 2.24) is 0 Å². The van der Waals surface area contributed by atoms with Crippen LogP contribution in [0.15, 0.2) is 24.3 Å². The predicted octanol–water partition coefficient (Wildman–Crippen LogP) is 2.03. The second kappa shape index (κ2) is 3.86. The molecule has 0 aromatic heterocycles. The highest BCUT2D eigenvalue weighted by molar-refractivity contribution is 5.27. The molecule has 2 rings (SSSR count). The van der Waals surface area contributed by atoms with E-state index in [0.717, 1.165) is 19.3 Å². The summed E-state index contributed by atoms with van der Waals surface area (Å²) in [4.78, 5) is 0. The van der Waals surface area contributed by atoms with Crippen molar-refractivity contribution >= 4 is 0 Å². The van der Waals surface area contributed by atoms with E-state index in [0.29, 0.717) is 6.42 Å². The van der Waals surface area contributed by atoms with Crippen LogP contribution in [0.1, 0.15) is 37.8 Å². The first-order chi connectivity index (χ1) is 7.36. The van der Waals surface area contributed by atoms with E-state index in [2.05, 4.69) is 24.3 Å². The molecule has 1 aromatic carbocycles. The van der Waals surface area contributed by atoms with E-state index in [1.54, 1.807) is 0 Å². The molecule has 0 saturated heterocycles. The SMILES string of the molecule is CC(C)(O)Cc1cccc(CC2(N)CC2)c1. The first-order valence-electron chi connectivity index (χ1n) is 5.95. The second-order valence-electron chi connectivity index (χ2n) is 5.85. The summed E-state index contributed by atoms with van der Waals surface area (Å²) in [6.07, 6.45) is 3.94. The first-order valence-corrected chi connectivity index (χ1v) is 5.95. The molecule has 0 heterocycles. The summed E-state index contributed by atoms with van der Waals surface area (Å²) in [5, 5.41) is 9.78. The van der Waals surface area contributed by atoms with Gasteiger partial charge in [0, 0.05) is 12.0 Å². The standard InChI is InChI=1S/C14H21NO/c1-13(2,16)9-11-4-3-5-12(8-11)10-14(15)6-7-14/h3-5,8,16H,6-7,9-10,15H2,1-2H3. The van der Waals surface area contributed by atoms with E-state index in [1.165, 1.54) is 11.1 Å². The van der Waals surface area contributed by atoms with Gasteiger partial charge in [0.05, 0.1) is 5.60 Å². The van der Waals surface area contributed by atoms with Crippen molar-refractivity contribution in [1.29, 1.82) is 0 Å². The van der Waals surface area contributed by atoms with Crippen molar-refractivity contribution in [3.8, 4) is 0 Å². The van der Waals surface area contributed by atoms with Gasteiger partial charge >= 0.3 is 0 Å². The van der Waals surface area contributed by atoms with Gasteiger partial charge in [-0.3, -0.25) is 0 Å². The smallest absolute Gasteiger partial charge is 0.0631 e. The molecule has 88 valence electrons. The molecule has 0 aliphatic heterocycles. The summed E-state index contributed by atoms with van der Waals surface area (Å²) in [6, 6.07) is 8.42. The highest BCUT2D eigenvalue weighted by atomic mass is 16.3. The lowest BCUT2D eigenvalue weighted by Crippen LogP contribution is -2.25. The summed E-state index contributed by atoms with van der Waals surface area (Å²) in [7, 11) is 0. The van der Waals surface area contributed by atoms with Crippen LogP contribution in [0, 0.1) is 0 Å². The fourth-order valence-electron chi connectivity index (χ4n) is 2.09. The lowest BCUT2D eigenvalue weighted by atomic mass is 9.95.